The first-order valence-corrected chi connectivity index (χ1v) is 6.56. The topological polar surface area (TPSA) is 29.9 Å². The van der Waals surface area contributed by atoms with Crippen molar-refractivity contribution in [1.29, 1.82) is 0 Å². The van der Waals surface area contributed by atoms with Crippen molar-refractivity contribution in [3.05, 3.63) is 30.1 Å². The Morgan fingerprint density at radius 1 is 1.41 bits per heavy atom. The summed E-state index contributed by atoms with van der Waals surface area (Å²) in [5.74, 6) is 1.22. The van der Waals surface area contributed by atoms with Crippen LogP contribution in [0, 0.1) is 0 Å². The van der Waals surface area contributed by atoms with Gasteiger partial charge in [0.1, 0.15) is 5.82 Å². The summed E-state index contributed by atoms with van der Waals surface area (Å²) >= 11 is 0. The third-order valence-corrected chi connectivity index (χ3v) is 3.62. The maximum atomic E-state index is 4.74. The Bertz CT molecular complexity index is 509. The molecule has 3 heteroatoms. The van der Waals surface area contributed by atoms with Crippen molar-refractivity contribution in [1.82, 2.24) is 14.9 Å². The lowest BCUT2D eigenvalue weighted by molar-refractivity contribution is 0.371. The van der Waals surface area contributed by atoms with Crippen LogP contribution in [0.4, 0.5) is 0 Å². The molecule has 1 aliphatic heterocycles. The van der Waals surface area contributed by atoms with Gasteiger partial charge >= 0.3 is 0 Å². The van der Waals surface area contributed by atoms with E-state index in [2.05, 4.69) is 41.1 Å². The molecule has 0 saturated carbocycles. The largest absolute Gasteiger partial charge is 0.324 e. The van der Waals surface area contributed by atoms with Crippen molar-refractivity contribution in [2.45, 2.75) is 32.2 Å². The number of para-hydroxylation sites is 2. The maximum absolute atomic E-state index is 4.74. The Labute approximate surface area is 102 Å². The normalized spacial score (nSPS) is 20.9. The second kappa shape index (κ2) is 4.49. The minimum Gasteiger partial charge on any atom is -0.324 e. The van der Waals surface area contributed by atoms with Crippen molar-refractivity contribution in [2.75, 3.05) is 13.1 Å². The number of nitrogens with one attached hydrogen (secondary N) is 1. The van der Waals surface area contributed by atoms with E-state index in [4.69, 9.17) is 4.98 Å². The fourth-order valence-corrected chi connectivity index (χ4v) is 2.81. The Morgan fingerprint density at radius 2 is 2.29 bits per heavy atom. The molecule has 0 radical (unpaired) electrons. The van der Waals surface area contributed by atoms with Crippen molar-refractivity contribution >= 4 is 11.0 Å². The average molecular weight is 229 g/mol. The second-order valence-electron chi connectivity index (χ2n) is 4.74. The molecular weight excluding hydrogens is 210 g/mol. The Hall–Kier alpha value is -1.35. The number of hydrogen-bond donors (Lipinski definition) is 1. The minimum atomic E-state index is 0.575. The van der Waals surface area contributed by atoms with E-state index in [0.29, 0.717) is 6.04 Å². The Morgan fingerprint density at radius 3 is 3.06 bits per heavy atom. The molecular formula is C14H19N3. The van der Waals surface area contributed by atoms with Gasteiger partial charge in [0.2, 0.25) is 0 Å². The summed E-state index contributed by atoms with van der Waals surface area (Å²) in [5.41, 5.74) is 2.42. The third kappa shape index (κ3) is 1.84. The second-order valence-corrected chi connectivity index (χ2v) is 4.74. The molecule has 1 atom stereocenters. The van der Waals surface area contributed by atoms with Gasteiger partial charge in [-0.1, -0.05) is 19.1 Å². The highest BCUT2D eigenvalue weighted by atomic mass is 15.1. The molecule has 1 aromatic carbocycles. The zero-order valence-corrected chi connectivity index (χ0v) is 10.3. The molecule has 3 nitrogen and oxygen atoms in total. The molecule has 17 heavy (non-hydrogen) atoms. The fraction of sp³-hybridized carbons (Fsp3) is 0.500. The predicted molar refractivity (Wildman–Crippen MR) is 70.3 cm³/mol. The van der Waals surface area contributed by atoms with Crippen molar-refractivity contribution in [2.24, 2.45) is 0 Å². The van der Waals surface area contributed by atoms with Crippen LogP contribution in [0.3, 0.4) is 0 Å². The summed E-state index contributed by atoms with van der Waals surface area (Å²) in [6, 6.07) is 9.05. The first-order valence-electron chi connectivity index (χ1n) is 6.56. The van der Waals surface area contributed by atoms with Crippen LogP contribution in [0.1, 0.15) is 31.6 Å². The average Bonchev–Trinajstić information content (AvgIpc) is 2.78. The smallest absolute Gasteiger partial charge is 0.109 e. The van der Waals surface area contributed by atoms with Gasteiger partial charge in [-0.05, 0) is 31.5 Å². The van der Waals surface area contributed by atoms with Crippen LogP contribution in [0.2, 0.25) is 0 Å². The van der Waals surface area contributed by atoms with Crippen LogP contribution in [-0.4, -0.2) is 22.6 Å². The van der Waals surface area contributed by atoms with E-state index in [1.165, 1.54) is 24.2 Å². The van der Waals surface area contributed by atoms with E-state index in [9.17, 15) is 0 Å². The molecule has 3 rings (SSSR count). The Kier molecular flexibility index (Phi) is 2.85. The summed E-state index contributed by atoms with van der Waals surface area (Å²) in [5, 5.41) is 3.49. The summed E-state index contributed by atoms with van der Waals surface area (Å²) in [6.45, 7) is 4.42. The molecule has 0 spiro atoms. The van der Waals surface area contributed by atoms with E-state index in [1.54, 1.807) is 0 Å². The monoisotopic (exact) mass is 229 g/mol. The summed E-state index contributed by atoms with van der Waals surface area (Å²) in [7, 11) is 0. The van der Waals surface area contributed by atoms with Crippen LogP contribution in [0.5, 0.6) is 0 Å². The van der Waals surface area contributed by atoms with E-state index in [-0.39, 0.29) is 0 Å². The lowest BCUT2D eigenvalue weighted by atomic mass is 10.1. The van der Waals surface area contributed by atoms with Gasteiger partial charge < -0.3 is 9.88 Å². The van der Waals surface area contributed by atoms with Gasteiger partial charge in [0.15, 0.2) is 0 Å². The van der Waals surface area contributed by atoms with Crippen LogP contribution >= 0.6 is 0 Å². The number of piperidine rings is 1. The van der Waals surface area contributed by atoms with Crippen LogP contribution in [0.25, 0.3) is 11.0 Å². The minimum absolute atomic E-state index is 0.575. The number of hydrogen-bond acceptors (Lipinski definition) is 2. The number of nitrogens with zero attached hydrogens (tertiary/aromatic N) is 2. The van der Waals surface area contributed by atoms with Crippen molar-refractivity contribution < 1.29 is 0 Å². The van der Waals surface area contributed by atoms with Gasteiger partial charge in [-0.2, -0.15) is 0 Å². The molecule has 0 aliphatic carbocycles. The van der Waals surface area contributed by atoms with Crippen LogP contribution in [-0.2, 0) is 6.42 Å². The molecule has 1 N–H and O–H groups in total. The third-order valence-electron chi connectivity index (χ3n) is 3.62. The quantitative estimate of drug-likeness (QED) is 0.857. The molecule has 0 unspecified atom stereocenters. The van der Waals surface area contributed by atoms with Crippen LogP contribution < -0.4 is 5.32 Å². The van der Waals surface area contributed by atoms with Crippen molar-refractivity contribution in [3.8, 4) is 0 Å². The SMILES string of the molecule is CCc1nc2ccccc2n1[C@@H]1CCCNC1. The lowest BCUT2D eigenvalue weighted by Gasteiger charge is -2.26. The van der Waals surface area contributed by atoms with Gasteiger partial charge in [-0.15, -0.1) is 0 Å². The Balaban J connectivity index is 2.11. The number of imidazole rings is 1. The number of fused-ring (bicyclic) bond motifs is 1. The highest BCUT2D eigenvalue weighted by molar-refractivity contribution is 5.76. The molecule has 1 aliphatic rings. The number of benzene rings is 1. The first-order chi connectivity index (χ1) is 8.40. The molecule has 2 aromatic rings. The van der Waals surface area contributed by atoms with Gasteiger partial charge in [0.25, 0.3) is 0 Å². The zero-order chi connectivity index (χ0) is 11.7. The summed E-state index contributed by atoms with van der Waals surface area (Å²) < 4.78 is 2.45. The zero-order valence-electron chi connectivity index (χ0n) is 10.3. The van der Waals surface area contributed by atoms with Gasteiger partial charge in [-0.25, -0.2) is 4.98 Å². The molecule has 0 bridgehead atoms. The van der Waals surface area contributed by atoms with Crippen LogP contribution in [0.15, 0.2) is 24.3 Å². The van der Waals surface area contributed by atoms with Gasteiger partial charge in [-0.3, -0.25) is 0 Å². The van der Waals surface area contributed by atoms with E-state index < -0.39 is 0 Å². The number of aromatic nitrogens is 2. The molecule has 1 saturated heterocycles. The van der Waals surface area contributed by atoms with E-state index in [1.807, 2.05) is 0 Å². The van der Waals surface area contributed by atoms with Gasteiger partial charge in [0, 0.05) is 19.0 Å². The molecule has 1 fully saturated rings. The van der Waals surface area contributed by atoms with Gasteiger partial charge in [0.05, 0.1) is 11.0 Å². The standard InChI is InChI=1S/C14H19N3/c1-2-14-16-12-7-3-4-8-13(12)17(14)11-6-5-9-15-10-11/h3-4,7-8,11,15H,2,5-6,9-10H2,1H3/t11-/m1/s1. The summed E-state index contributed by atoms with van der Waals surface area (Å²) in [6.07, 6.45) is 3.53. The first kappa shape index (κ1) is 10.8. The highest BCUT2D eigenvalue weighted by Gasteiger charge is 2.19. The fourth-order valence-electron chi connectivity index (χ4n) is 2.81. The molecule has 2 heterocycles. The molecule has 1 aromatic heterocycles. The lowest BCUT2D eigenvalue weighted by Crippen LogP contribution is -2.32. The molecule has 90 valence electrons. The maximum Gasteiger partial charge on any atom is 0.109 e. The van der Waals surface area contributed by atoms with E-state index in [0.717, 1.165) is 25.0 Å². The summed E-state index contributed by atoms with van der Waals surface area (Å²) in [4.78, 5) is 4.74. The number of rotatable bonds is 2. The number of aryl methyl sites for hydroxylation is 1. The predicted octanol–water partition coefficient (Wildman–Crippen LogP) is 2.52. The highest BCUT2D eigenvalue weighted by Crippen LogP contribution is 2.25. The van der Waals surface area contributed by atoms with Crippen molar-refractivity contribution in [3.63, 3.8) is 0 Å². The molecule has 0 amide bonds. The van der Waals surface area contributed by atoms with E-state index >= 15 is 0 Å².